The van der Waals surface area contributed by atoms with E-state index in [0.717, 1.165) is 29.7 Å². The average molecular weight is 555 g/mol. The highest BCUT2D eigenvalue weighted by atomic mass is 19.4. The van der Waals surface area contributed by atoms with Crippen LogP contribution in [0.1, 0.15) is 55.7 Å². The van der Waals surface area contributed by atoms with Crippen molar-refractivity contribution in [1.29, 1.82) is 0 Å². The minimum absolute atomic E-state index is 0.0155. The molecule has 0 radical (unpaired) electrons. The fraction of sp³-hybridized carbons (Fsp3) is 0.273. The molecule has 0 saturated heterocycles. The normalized spacial score (nSPS) is 11.4. The molecule has 0 atom stereocenters. The summed E-state index contributed by atoms with van der Waals surface area (Å²) in [4.78, 5) is 0. The smallest absolute Gasteiger partial charge is 0.422 e. The Morgan fingerprint density at radius 1 is 0.725 bits per heavy atom. The van der Waals surface area contributed by atoms with Crippen LogP contribution in [-0.4, -0.2) is 12.8 Å². The number of alkyl halides is 3. The molecule has 40 heavy (non-hydrogen) atoms. The molecule has 4 rings (SSSR count). The summed E-state index contributed by atoms with van der Waals surface area (Å²) in [6, 6.07) is 18.4. The molecule has 0 aliphatic carbocycles. The van der Waals surface area contributed by atoms with Gasteiger partial charge in [-0.3, -0.25) is 0 Å². The Bertz CT molecular complexity index is 1500. The molecule has 7 heteroatoms. The minimum Gasteiger partial charge on any atom is -0.478 e. The lowest BCUT2D eigenvalue weighted by Gasteiger charge is -2.10. The van der Waals surface area contributed by atoms with Crippen molar-refractivity contribution in [2.24, 2.45) is 0 Å². The number of rotatable bonds is 9. The zero-order chi connectivity index (χ0) is 28.7. The van der Waals surface area contributed by atoms with Crippen molar-refractivity contribution >= 4 is 10.8 Å². The molecule has 0 aromatic heterocycles. The van der Waals surface area contributed by atoms with E-state index in [4.69, 9.17) is 0 Å². The number of halogens is 6. The zero-order valence-corrected chi connectivity index (χ0v) is 22.0. The number of unbranched alkanes of at least 4 members (excludes halogenated alkanes) is 4. The maximum Gasteiger partial charge on any atom is 0.422 e. The van der Waals surface area contributed by atoms with Gasteiger partial charge in [0, 0.05) is 10.9 Å². The number of fused-ring (bicyclic) bond motifs is 1. The third kappa shape index (κ3) is 7.59. The van der Waals surface area contributed by atoms with Crippen molar-refractivity contribution in [1.82, 2.24) is 0 Å². The molecule has 0 bridgehead atoms. The van der Waals surface area contributed by atoms with E-state index >= 15 is 4.39 Å². The second-order valence-corrected chi connectivity index (χ2v) is 9.65. The second-order valence-electron chi connectivity index (χ2n) is 9.65. The monoisotopic (exact) mass is 554 g/mol. The van der Waals surface area contributed by atoms with Crippen LogP contribution in [0, 0.1) is 29.3 Å². The van der Waals surface area contributed by atoms with E-state index in [2.05, 4.69) is 47.8 Å². The molecular weight excluding hydrogens is 526 g/mol. The summed E-state index contributed by atoms with van der Waals surface area (Å²) in [5.74, 6) is 0.625. The SMILES string of the molecule is CCCCCCCc1ccc(-c2ccc3c(F)c(C#Cc4cc(F)c(OCC(F)(F)F)c(F)c4)ccc3c2)cc1. The van der Waals surface area contributed by atoms with Gasteiger partial charge in [-0.05, 0) is 59.2 Å². The van der Waals surface area contributed by atoms with Crippen molar-refractivity contribution in [2.45, 2.75) is 51.6 Å². The Morgan fingerprint density at radius 3 is 2.08 bits per heavy atom. The van der Waals surface area contributed by atoms with Gasteiger partial charge in [-0.1, -0.05) is 86.9 Å². The zero-order valence-electron chi connectivity index (χ0n) is 22.0. The van der Waals surface area contributed by atoms with Crippen molar-refractivity contribution in [3.8, 4) is 28.7 Å². The molecule has 0 heterocycles. The van der Waals surface area contributed by atoms with Crippen LogP contribution >= 0.6 is 0 Å². The Labute approximate surface area is 229 Å². The van der Waals surface area contributed by atoms with E-state index in [0.29, 0.717) is 10.8 Å². The first kappa shape index (κ1) is 29.1. The maximum atomic E-state index is 15.2. The quantitative estimate of drug-likeness (QED) is 0.114. The summed E-state index contributed by atoms with van der Waals surface area (Å²) >= 11 is 0. The third-order valence-electron chi connectivity index (χ3n) is 6.53. The van der Waals surface area contributed by atoms with Crippen molar-refractivity contribution in [3.63, 3.8) is 0 Å². The Morgan fingerprint density at radius 2 is 1.40 bits per heavy atom. The third-order valence-corrected chi connectivity index (χ3v) is 6.53. The summed E-state index contributed by atoms with van der Waals surface area (Å²) in [6.45, 7) is 0.370. The van der Waals surface area contributed by atoms with Gasteiger partial charge in [-0.25, -0.2) is 13.2 Å². The standard InChI is InChI=1S/C33H28F6O/c1-2-3-4-5-6-7-22-8-11-24(12-9-22)26-16-17-28-27(20-26)15-14-25(31(28)36)13-10-23-18-29(34)32(30(35)19-23)40-21-33(37,38)39/h8-9,11-12,14-20H,2-7,21H2,1H3. The molecule has 0 N–H and O–H groups in total. The molecule has 1 nitrogen and oxygen atoms in total. The van der Waals surface area contributed by atoms with Crippen molar-refractivity contribution < 1.29 is 31.1 Å². The summed E-state index contributed by atoms with van der Waals surface area (Å²) in [5, 5.41) is 1.01. The number of hydrogen-bond donors (Lipinski definition) is 0. The molecule has 4 aromatic rings. The topological polar surface area (TPSA) is 9.23 Å². The fourth-order valence-electron chi connectivity index (χ4n) is 4.43. The predicted octanol–water partition coefficient (Wildman–Crippen LogP) is 9.78. The van der Waals surface area contributed by atoms with Crippen LogP contribution in [0.5, 0.6) is 5.75 Å². The van der Waals surface area contributed by atoms with Gasteiger partial charge in [-0.2, -0.15) is 13.2 Å². The predicted molar refractivity (Wildman–Crippen MR) is 146 cm³/mol. The van der Waals surface area contributed by atoms with Crippen LogP contribution in [-0.2, 0) is 6.42 Å². The van der Waals surface area contributed by atoms with Gasteiger partial charge < -0.3 is 4.74 Å². The summed E-state index contributed by atoms with van der Waals surface area (Å²) in [6.07, 6.45) is 2.48. The molecule has 0 spiro atoms. The fourth-order valence-corrected chi connectivity index (χ4v) is 4.43. The summed E-state index contributed by atoms with van der Waals surface area (Å²) in [5.41, 5.74) is 3.10. The Hall–Kier alpha value is -3.92. The molecule has 0 unspecified atom stereocenters. The lowest BCUT2D eigenvalue weighted by Crippen LogP contribution is -2.20. The molecule has 0 aliphatic rings. The van der Waals surface area contributed by atoms with Gasteiger partial charge in [0.2, 0.25) is 0 Å². The Balaban J connectivity index is 1.49. The summed E-state index contributed by atoms with van der Waals surface area (Å²) in [7, 11) is 0. The van der Waals surface area contributed by atoms with E-state index in [9.17, 15) is 22.0 Å². The first-order valence-electron chi connectivity index (χ1n) is 13.2. The van der Waals surface area contributed by atoms with Crippen LogP contribution in [0.15, 0.2) is 66.7 Å². The minimum atomic E-state index is -4.75. The number of benzene rings is 4. The van der Waals surface area contributed by atoms with Gasteiger partial charge in [0.15, 0.2) is 24.0 Å². The number of aryl methyl sites for hydroxylation is 1. The molecule has 208 valence electrons. The van der Waals surface area contributed by atoms with Crippen LogP contribution in [0.4, 0.5) is 26.3 Å². The van der Waals surface area contributed by atoms with E-state index < -0.39 is 36.0 Å². The lowest BCUT2D eigenvalue weighted by atomic mass is 9.97. The van der Waals surface area contributed by atoms with E-state index in [-0.39, 0.29) is 11.1 Å². The van der Waals surface area contributed by atoms with Crippen LogP contribution in [0.2, 0.25) is 0 Å². The van der Waals surface area contributed by atoms with E-state index in [1.54, 1.807) is 12.1 Å². The van der Waals surface area contributed by atoms with Crippen molar-refractivity contribution in [3.05, 3.63) is 101 Å². The lowest BCUT2D eigenvalue weighted by molar-refractivity contribution is -0.154. The molecule has 0 aliphatic heterocycles. The average Bonchev–Trinajstić information content (AvgIpc) is 2.92. The Kier molecular flexibility index (Phi) is 9.42. The molecule has 0 fully saturated rings. The van der Waals surface area contributed by atoms with Gasteiger partial charge in [-0.15, -0.1) is 0 Å². The van der Waals surface area contributed by atoms with Gasteiger partial charge in [0.1, 0.15) is 5.82 Å². The highest BCUT2D eigenvalue weighted by molar-refractivity contribution is 5.89. The first-order chi connectivity index (χ1) is 19.1. The molecule has 0 amide bonds. The molecule has 4 aromatic carbocycles. The van der Waals surface area contributed by atoms with Crippen LogP contribution in [0.25, 0.3) is 21.9 Å². The molecular formula is C33H28F6O. The highest BCUT2D eigenvalue weighted by Crippen LogP contribution is 2.29. The van der Waals surface area contributed by atoms with Gasteiger partial charge in [0.25, 0.3) is 0 Å². The van der Waals surface area contributed by atoms with Gasteiger partial charge in [0.05, 0.1) is 5.56 Å². The molecule has 0 saturated carbocycles. The van der Waals surface area contributed by atoms with Gasteiger partial charge >= 0.3 is 6.18 Å². The first-order valence-corrected chi connectivity index (χ1v) is 13.2. The number of ether oxygens (including phenoxy) is 1. The highest BCUT2D eigenvalue weighted by Gasteiger charge is 2.29. The van der Waals surface area contributed by atoms with Crippen LogP contribution < -0.4 is 4.74 Å². The van der Waals surface area contributed by atoms with Crippen LogP contribution in [0.3, 0.4) is 0 Å². The van der Waals surface area contributed by atoms with Crippen molar-refractivity contribution in [2.75, 3.05) is 6.61 Å². The van der Waals surface area contributed by atoms with E-state index in [1.807, 2.05) is 12.1 Å². The second kappa shape index (κ2) is 13.0. The maximum absolute atomic E-state index is 15.2. The largest absolute Gasteiger partial charge is 0.478 e. The summed E-state index contributed by atoms with van der Waals surface area (Å²) < 4.78 is 84.6. The number of hydrogen-bond acceptors (Lipinski definition) is 1. The van der Waals surface area contributed by atoms with E-state index in [1.165, 1.54) is 43.7 Å².